The van der Waals surface area contributed by atoms with Crippen LogP contribution in [0.4, 0.5) is 0 Å². The minimum absolute atomic E-state index is 0.0822. The second-order valence-corrected chi connectivity index (χ2v) is 6.18. The van der Waals surface area contributed by atoms with Crippen molar-refractivity contribution >= 4 is 0 Å². The highest BCUT2D eigenvalue weighted by Crippen LogP contribution is 2.12. The number of hydrogen-bond acceptors (Lipinski definition) is 7. The van der Waals surface area contributed by atoms with Gasteiger partial charge in [-0.3, -0.25) is 4.90 Å². The Kier molecular flexibility index (Phi) is 15.1. The van der Waals surface area contributed by atoms with Gasteiger partial charge < -0.3 is 30.4 Å². The van der Waals surface area contributed by atoms with Gasteiger partial charge in [0.05, 0.1) is 52.9 Å². The molecule has 0 amide bonds. The average molecular weight is 335 g/mol. The molecule has 0 fully saturated rings. The van der Waals surface area contributed by atoms with Gasteiger partial charge in [-0.2, -0.15) is 0 Å². The maximum Gasteiger partial charge on any atom is 0.0701 e. The zero-order valence-electron chi connectivity index (χ0n) is 15.2. The quantitative estimate of drug-likeness (QED) is 0.386. The summed E-state index contributed by atoms with van der Waals surface area (Å²) in [7, 11) is 0. The summed E-state index contributed by atoms with van der Waals surface area (Å²) in [5, 5.41) is 0. The molecule has 0 aromatic carbocycles. The summed E-state index contributed by atoms with van der Waals surface area (Å²) in [6, 6.07) is 0. The normalized spacial score (nSPS) is 12.3. The summed E-state index contributed by atoms with van der Waals surface area (Å²) in [6.07, 6.45) is 0. The van der Waals surface area contributed by atoms with Gasteiger partial charge in [0.2, 0.25) is 0 Å². The minimum atomic E-state index is 0.0822. The molecule has 0 saturated carbocycles. The first-order valence-electron chi connectivity index (χ1n) is 8.48. The fourth-order valence-corrected chi connectivity index (χ4v) is 1.94. The summed E-state index contributed by atoms with van der Waals surface area (Å²) in [5.41, 5.74) is 10.8. The van der Waals surface area contributed by atoms with Crippen molar-refractivity contribution < 1.29 is 18.9 Å². The van der Waals surface area contributed by atoms with Crippen LogP contribution < -0.4 is 11.5 Å². The van der Waals surface area contributed by atoms with E-state index in [0.717, 1.165) is 13.1 Å². The van der Waals surface area contributed by atoms with Crippen LogP contribution in [0.1, 0.15) is 20.8 Å². The van der Waals surface area contributed by atoms with E-state index in [4.69, 9.17) is 30.4 Å². The highest BCUT2D eigenvalue weighted by atomic mass is 16.5. The Morgan fingerprint density at radius 2 is 0.957 bits per heavy atom. The average Bonchev–Trinajstić information content (AvgIpc) is 2.50. The van der Waals surface area contributed by atoms with Crippen molar-refractivity contribution in [3.63, 3.8) is 0 Å². The zero-order chi connectivity index (χ0) is 17.4. The summed E-state index contributed by atoms with van der Waals surface area (Å²) in [4.78, 5) is 2.36. The second-order valence-electron chi connectivity index (χ2n) is 6.18. The first-order chi connectivity index (χ1) is 11.0. The highest BCUT2D eigenvalue weighted by molar-refractivity contribution is 4.75. The van der Waals surface area contributed by atoms with Gasteiger partial charge in [0.15, 0.2) is 0 Å². The largest absolute Gasteiger partial charge is 0.378 e. The molecule has 0 aromatic rings. The monoisotopic (exact) mass is 335 g/mol. The van der Waals surface area contributed by atoms with E-state index in [1.165, 1.54) is 0 Å². The Labute approximate surface area is 141 Å². The molecule has 0 saturated heterocycles. The van der Waals surface area contributed by atoms with Gasteiger partial charge in [0, 0.05) is 31.7 Å². The lowest BCUT2D eigenvalue weighted by Gasteiger charge is -2.35. The lowest BCUT2D eigenvalue weighted by molar-refractivity contribution is 0.00645. The smallest absolute Gasteiger partial charge is 0.0701 e. The van der Waals surface area contributed by atoms with Crippen LogP contribution in [-0.4, -0.2) is 89.5 Å². The SMILES string of the molecule is CC(C)(C)N(CCOCCOCCN)CCOCCOCCN. The fraction of sp³-hybridized carbons (Fsp3) is 1.00. The first-order valence-corrected chi connectivity index (χ1v) is 8.48. The predicted octanol–water partition coefficient (Wildman–Crippen LogP) is 0.0707. The second kappa shape index (κ2) is 15.3. The molecule has 0 atom stereocenters. The number of nitrogens with zero attached hydrogens (tertiary/aromatic N) is 1. The maximum atomic E-state index is 5.60. The molecular formula is C16H37N3O4. The van der Waals surface area contributed by atoms with E-state index in [-0.39, 0.29) is 5.54 Å². The Bertz CT molecular complexity index is 232. The standard InChI is InChI=1S/C16H37N3O4/c1-16(2,3)19(6-10-22-14-12-20-8-4-17)7-11-23-15-13-21-9-5-18/h4-15,17-18H2,1-3H3. The number of rotatable bonds is 16. The lowest BCUT2D eigenvalue weighted by atomic mass is 10.1. The van der Waals surface area contributed by atoms with Crippen molar-refractivity contribution in [3.05, 3.63) is 0 Å². The van der Waals surface area contributed by atoms with E-state index in [1.807, 2.05) is 0 Å². The van der Waals surface area contributed by atoms with Gasteiger partial charge in [-0.25, -0.2) is 0 Å². The van der Waals surface area contributed by atoms with E-state index in [2.05, 4.69) is 25.7 Å². The molecule has 0 spiro atoms. The van der Waals surface area contributed by atoms with Crippen LogP contribution in [0.3, 0.4) is 0 Å². The molecule has 140 valence electrons. The van der Waals surface area contributed by atoms with Crippen molar-refractivity contribution in [2.75, 3.05) is 79.0 Å². The molecule has 0 aliphatic rings. The third-order valence-corrected chi connectivity index (χ3v) is 3.23. The Morgan fingerprint density at radius 1 is 0.609 bits per heavy atom. The van der Waals surface area contributed by atoms with Crippen LogP contribution in [0.2, 0.25) is 0 Å². The summed E-state index contributed by atoms with van der Waals surface area (Å²) in [6.45, 7) is 14.4. The van der Waals surface area contributed by atoms with E-state index in [0.29, 0.717) is 65.9 Å². The van der Waals surface area contributed by atoms with Crippen LogP contribution in [-0.2, 0) is 18.9 Å². The van der Waals surface area contributed by atoms with Gasteiger partial charge in [0.1, 0.15) is 0 Å². The van der Waals surface area contributed by atoms with Gasteiger partial charge in [0.25, 0.3) is 0 Å². The number of nitrogens with two attached hydrogens (primary N) is 2. The summed E-state index contributed by atoms with van der Waals surface area (Å²) >= 11 is 0. The predicted molar refractivity (Wildman–Crippen MR) is 92.7 cm³/mol. The van der Waals surface area contributed by atoms with E-state index >= 15 is 0 Å². The van der Waals surface area contributed by atoms with Crippen LogP contribution >= 0.6 is 0 Å². The number of ether oxygens (including phenoxy) is 4. The summed E-state index contributed by atoms with van der Waals surface area (Å²) in [5.74, 6) is 0. The molecule has 0 radical (unpaired) electrons. The van der Waals surface area contributed by atoms with Gasteiger partial charge in [-0.1, -0.05) is 0 Å². The third kappa shape index (κ3) is 15.0. The first kappa shape index (κ1) is 22.7. The van der Waals surface area contributed by atoms with Crippen molar-refractivity contribution in [1.82, 2.24) is 4.90 Å². The molecule has 0 aliphatic carbocycles. The minimum Gasteiger partial charge on any atom is -0.378 e. The number of hydrogen-bond donors (Lipinski definition) is 2. The third-order valence-electron chi connectivity index (χ3n) is 3.23. The van der Waals surface area contributed by atoms with Gasteiger partial charge in [-0.15, -0.1) is 0 Å². The molecule has 0 aromatic heterocycles. The lowest BCUT2D eigenvalue weighted by Crippen LogP contribution is -2.45. The molecule has 0 bridgehead atoms. The Balaban J connectivity index is 3.70. The molecule has 23 heavy (non-hydrogen) atoms. The topological polar surface area (TPSA) is 92.2 Å². The van der Waals surface area contributed by atoms with Gasteiger partial charge in [-0.05, 0) is 20.8 Å². The zero-order valence-corrected chi connectivity index (χ0v) is 15.2. The van der Waals surface area contributed by atoms with Crippen molar-refractivity contribution in [2.45, 2.75) is 26.3 Å². The molecule has 0 rings (SSSR count). The Morgan fingerprint density at radius 3 is 1.26 bits per heavy atom. The molecule has 4 N–H and O–H groups in total. The van der Waals surface area contributed by atoms with E-state index in [9.17, 15) is 0 Å². The molecule has 7 heteroatoms. The molecular weight excluding hydrogens is 298 g/mol. The van der Waals surface area contributed by atoms with Gasteiger partial charge >= 0.3 is 0 Å². The van der Waals surface area contributed by atoms with Crippen molar-refractivity contribution in [1.29, 1.82) is 0 Å². The molecule has 0 unspecified atom stereocenters. The van der Waals surface area contributed by atoms with Crippen molar-refractivity contribution in [3.8, 4) is 0 Å². The van der Waals surface area contributed by atoms with Crippen LogP contribution in [0.5, 0.6) is 0 Å². The van der Waals surface area contributed by atoms with E-state index in [1.54, 1.807) is 0 Å². The van der Waals surface area contributed by atoms with Crippen LogP contribution in [0, 0.1) is 0 Å². The summed E-state index contributed by atoms with van der Waals surface area (Å²) < 4.78 is 21.7. The molecule has 0 heterocycles. The maximum absolute atomic E-state index is 5.60. The molecule has 0 aliphatic heterocycles. The molecule has 7 nitrogen and oxygen atoms in total. The highest BCUT2D eigenvalue weighted by Gasteiger charge is 2.20. The van der Waals surface area contributed by atoms with E-state index < -0.39 is 0 Å². The Hall–Kier alpha value is -0.280. The van der Waals surface area contributed by atoms with Crippen LogP contribution in [0.15, 0.2) is 0 Å². The van der Waals surface area contributed by atoms with Crippen molar-refractivity contribution in [2.24, 2.45) is 11.5 Å². The van der Waals surface area contributed by atoms with Crippen LogP contribution in [0.25, 0.3) is 0 Å². The fourth-order valence-electron chi connectivity index (χ4n) is 1.94.